The highest BCUT2D eigenvalue weighted by Gasteiger charge is 2.27. The van der Waals surface area contributed by atoms with Crippen molar-refractivity contribution in [3.63, 3.8) is 0 Å². The van der Waals surface area contributed by atoms with Crippen LogP contribution in [0.2, 0.25) is 0 Å². The fourth-order valence-corrected chi connectivity index (χ4v) is 3.36. The second-order valence-electron chi connectivity index (χ2n) is 6.61. The van der Waals surface area contributed by atoms with Crippen molar-refractivity contribution in [2.24, 2.45) is 5.92 Å². The molecule has 4 heteroatoms. The maximum Gasteiger partial charge on any atom is 0.237 e. The molecule has 2 fully saturated rings. The quantitative estimate of drug-likeness (QED) is 0.852. The van der Waals surface area contributed by atoms with E-state index in [-0.39, 0.29) is 11.9 Å². The van der Waals surface area contributed by atoms with Gasteiger partial charge in [-0.25, -0.2) is 0 Å². The molecule has 1 atom stereocenters. The molecule has 1 N–H and O–H groups in total. The third-order valence-electron chi connectivity index (χ3n) is 5.14. The molecule has 0 spiro atoms. The highest BCUT2D eigenvalue weighted by molar-refractivity contribution is 5.81. The Kier molecular flexibility index (Phi) is 5.85. The molecule has 0 aromatic carbocycles. The molecule has 0 bridgehead atoms. The lowest BCUT2D eigenvalue weighted by Crippen LogP contribution is -2.55. The number of likely N-dealkylation sites (N-methyl/N-ethyl adjacent to an activating group) is 1. The Bertz CT molecular complexity index is 305. The fourth-order valence-electron chi connectivity index (χ4n) is 3.36. The molecule has 1 aliphatic carbocycles. The zero-order valence-electron chi connectivity index (χ0n) is 13.4. The lowest BCUT2D eigenvalue weighted by molar-refractivity contribution is -0.127. The van der Waals surface area contributed by atoms with Crippen LogP contribution in [-0.4, -0.2) is 60.5 Å². The number of piperazine rings is 1. The Hall–Kier alpha value is -0.610. The van der Waals surface area contributed by atoms with Crippen molar-refractivity contribution < 1.29 is 4.79 Å². The number of hydrogen-bond donors (Lipinski definition) is 1. The van der Waals surface area contributed by atoms with Crippen LogP contribution in [-0.2, 0) is 4.79 Å². The van der Waals surface area contributed by atoms with Gasteiger partial charge < -0.3 is 10.2 Å². The smallest absolute Gasteiger partial charge is 0.237 e. The van der Waals surface area contributed by atoms with E-state index in [0.29, 0.717) is 6.04 Å². The Morgan fingerprint density at radius 1 is 1.15 bits per heavy atom. The SMILES string of the molecule is CCN1CCN(C(C)C(=O)NC2CCC(C)CC2)CC1. The van der Waals surface area contributed by atoms with Crippen molar-refractivity contribution in [3.05, 3.63) is 0 Å². The highest BCUT2D eigenvalue weighted by atomic mass is 16.2. The van der Waals surface area contributed by atoms with E-state index in [9.17, 15) is 4.79 Å². The predicted molar refractivity (Wildman–Crippen MR) is 82.7 cm³/mol. The molecule has 116 valence electrons. The van der Waals surface area contributed by atoms with Crippen molar-refractivity contribution in [1.82, 2.24) is 15.1 Å². The molecule has 1 saturated carbocycles. The minimum absolute atomic E-state index is 0.0216. The second kappa shape index (κ2) is 7.41. The van der Waals surface area contributed by atoms with Crippen LogP contribution in [0, 0.1) is 5.92 Å². The first-order chi connectivity index (χ1) is 9.60. The van der Waals surface area contributed by atoms with Crippen LogP contribution in [0.15, 0.2) is 0 Å². The van der Waals surface area contributed by atoms with Crippen LogP contribution in [0.4, 0.5) is 0 Å². The van der Waals surface area contributed by atoms with Gasteiger partial charge >= 0.3 is 0 Å². The average Bonchev–Trinajstić information content (AvgIpc) is 2.49. The van der Waals surface area contributed by atoms with Crippen molar-refractivity contribution in [1.29, 1.82) is 0 Å². The zero-order valence-corrected chi connectivity index (χ0v) is 13.4. The topological polar surface area (TPSA) is 35.6 Å². The minimum Gasteiger partial charge on any atom is -0.352 e. The summed E-state index contributed by atoms with van der Waals surface area (Å²) >= 11 is 0. The Morgan fingerprint density at radius 3 is 2.30 bits per heavy atom. The number of nitrogens with zero attached hydrogens (tertiary/aromatic N) is 2. The third kappa shape index (κ3) is 4.19. The van der Waals surface area contributed by atoms with Gasteiger partial charge in [0.2, 0.25) is 5.91 Å². The summed E-state index contributed by atoms with van der Waals surface area (Å²) in [5, 5.41) is 3.27. The van der Waals surface area contributed by atoms with Crippen LogP contribution in [0.25, 0.3) is 0 Å². The number of amides is 1. The molecule has 0 aromatic heterocycles. The normalized spacial score (nSPS) is 30.9. The number of rotatable bonds is 4. The van der Waals surface area contributed by atoms with E-state index in [4.69, 9.17) is 0 Å². The van der Waals surface area contributed by atoms with Gasteiger partial charge in [0, 0.05) is 32.2 Å². The van der Waals surface area contributed by atoms with Gasteiger partial charge in [-0.1, -0.05) is 13.8 Å². The number of carbonyl (C=O) groups is 1. The summed E-state index contributed by atoms with van der Waals surface area (Å²) in [6.07, 6.45) is 4.83. The Balaban J connectivity index is 1.74. The lowest BCUT2D eigenvalue weighted by Gasteiger charge is -2.37. The molecule has 4 nitrogen and oxygen atoms in total. The van der Waals surface area contributed by atoms with E-state index in [1.807, 2.05) is 0 Å². The van der Waals surface area contributed by atoms with Crippen LogP contribution in [0.1, 0.15) is 46.5 Å². The molecule has 1 saturated heterocycles. The number of hydrogen-bond acceptors (Lipinski definition) is 3. The minimum atomic E-state index is 0.0216. The van der Waals surface area contributed by atoms with Crippen LogP contribution in [0.5, 0.6) is 0 Å². The first-order valence-electron chi connectivity index (χ1n) is 8.37. The second-order valence-corrected chi connectivity index (χ2v) is 6.61. The lowest BCUT2D eigenvalue weighted by atomic mass is 9.87. The van der Waals surface area contributed by atoms with Crippen LogP contribution >= 0.6 is 0 Å². The standard InChI is InChI=1S/C16H31N3O/c1-4-18-9-11-19(12-10-18)14(3)16(20)17-15-7-5-13(2)6-8-15/h13-15H,4-12H2,1-3H3,(H,17,20). The summed E-state index contributed by atoms with van der Waals surface area (Å²) < 4.78 is 0. The molecule has 1 amide bonds. The van der Waals surface area contributed by atoms with E-state index in [0.717, 1.165) is 51.5 Å². The zero-order chi connectivity index (χ0) is 14.5. The van der Waals surface area contributed by atoms with E-state index < -0.39 is 0 Å². The molecule has 1 heterocycles. The Labute approximate surface area is 123 Å². The highest BCUT2D eigenvalue weighted by Crippen LogP contribution is 2.23. The van der Waals surface area contributed by atoms with Gasteiger partial charge in [-0.2, -0.15) is 0 Å². The van der Waals surface area contributed by atoms with Gasteiger partial charge in [0.1, 0.15) is 0 Å². The van der Waals surface area contributed by atoms with Gasteiger partial charge in [-0.15, -0.1) is 0 Å². The molecule has 2 rings (SSSR count). The maximum atomic E-state index is 12.4. The van der Waals surface area contributed by atoms with Crippen molar-refractivity contribution >= 4 is 5.91 Å². The number of carbonyl (C=O) groups excluding carboxylic acids is 1. The summed E-state index contributed by atoms with van der Waals surface area (Å²) in [6.45, 7) is 11.9. The van der Waals surface area contributed by atoms with Crippen molar-refractivity contribution in [2.75, 3.05) is 32.7 Å². The van der Waals surface area contributed by atoms with Crippen LogP contribution in [0.3, 0.4) is 0 Å². The predicted octanol–water partition coefficient (Wildman–Crippen LogP) is 1.71. The van der Waals surface area contributed by atoms with Crippen molar-refractivity contribution in [2.45, 2.75) is 58.5 Å². The fraction of sp³-hybridized carbons (Fsp3) is 0.938. The van der Waals surface area contributed by atoms with Gasteiger partial charge in [0.25, 0.3) is 0 Å². The monoisotopic (exact) mass is 281 g/mol. The van der Waals surface area contributed by atoms with E-state index in [2.05, 4.69) is 35.9 Å². The average molecular weight is 281 g/mol. The first kappa shape index (κ1) is 15.8. The van der Waals surface area contributed by atoms with E-state index in [1.54, 1.807) is 0 Å². The largest absolute Gasteiger partial charge is 0.352 e. The molecule has 1 unspecified atom stereocenters. The van der Waals surface area contributed by atoms with Gasteiger partial charge in [0.15, 0.2) is 0 Å². The van der Waals surface area contributed by atoms with Gasteiger partial charge in [-0.05, 0) is 45.1 Å². The van der Waals surface area contributed by atoms with Crippen molar-refractivity contribution in [3.8, 4) is 0 Å². The summed E-state index contributed by atoms with van der Waals surface area (Å²) in [5.41, 5.74) is 0. The van der Waals surface area contributed by atoms with E-state index >= 15 is 0 Å². The summed E-state index contributed by atoms with van der Waals surface area (Å²) in [6, 6.07) is 0.437. The molecule has 0 radical (unpaired) electrons. The third-order valence-corrected chi connectivity index (χ3v) is 5.14. The molecular weight excluding hydrogens is 250 g/mol. The molecule has 2 aliphatic rings. The molecular formula is C16H31N3O. The summed E-state index contributed by atoms with van der Waals surface area (Å²) in [7, 11) is 0. The first-order valence-corrected chi connectivity index (χ1v) is 8.37. The van der Waals surface area contributed by atoms with Crippen LogP contribution < -0.4 is 5.32 Å². The maximum absolute atomic E-state index is 12.4. The Morgan fingerprint density at radius 2 is 1.75 bits per heavy atom. The summed E-state index contributed by atoms with van der Waals surface area (Å²) in [4.78, 5) is 17.2. The molecule has 1 aliphatic heterocycles. The van der Waals surface area contributed by atoms with Gasteiger partial charge in [-0.3, -0.25) is 9.69 Å². The summed E-state index contributed by atoms with van der Waals surface area (Å²) in [5.74, 6) is 1.07. The number of nitrogens with one attached hydrogen (secondary N) is 1. The molecule has 0 aromatic rings. The van der Waals surface area contributed by atoms with Gasteiger partial charge in [0.05, 0.1) is 6.04 Å². The molecule has 20 heavy (non-hydrogen) atoms. The van der Waals surface area contributed by atoms with E-state index in [1.165, 1.54) is 12.8 Å².